The monoisotopic (exact) mass is 442 g/mol. The van der Waals surface area contributed by atoms with Crippen molar-refractivity contribution in [3.63, 3.8) is 0 Å². The van der Waals surface area contributed by atoms with E-state index in [-0.39, 0.29) is 11.9 Å². The predicted molar refractivity (Wildman–Crippen MR) is 132 cm³/mol. The Hall–Kier alpha value is -3.19. The minimum atomic E-state index is 0.0711. The topological polar surface area (TPSA) is 57.0 Å². The number of hydrogen-bond acceptors (Lipinski definition) is 5. The van der Waals surface area contributed by atoms with Crippen molar-refractivity contribution in [2.24, 2.45) is 0 Å². The first-order valence-electron chi connectivity index (χ1n) is 12.1. The van der Waals surface area contributed by atoms with Crippen molar-refractivity contribution in [1.82, 2.24) is 24.2 Å². The van der Waals surface area contributed by atoms with Crippen LogP contribution in [0.2, 0.25) is 0 Å². The van der Waals surface area contributed by atoms with Crippen LogP contribution in [0.3, 0.4) is 0 Å². The van der Waals surface area contributed by atoms with E-state index in [4.69, 9.17) is 9.97 Å². The fraction of sp³-hybridized carbons (Fsp3) is 0.423. The van der Waals surface area contributed by atoms with Crippen molar-refractivity contribution >= 4 is 39.4 Å². The fourth-order valence-electron chi connectivity index (χ4n) is 5.38. The van der Waals surface area contributed by atoms with E-state index in [9.17, 15) is 4.79 Å². The van der Waals surface area contributed by atoms with Gasteiger partial charge in [0.15, 0.2) is 5.65 Å². The molecule has 0 radical (unpaired) electrons. The van der Waals surface area contributed by atoms with E-state index in [1.54, 1.807) is 0 Å². The van der Waals surface area contributed by atoms with E-state index in [0.29, 0.717) is 11.2 Å². The van der Waals surface area contributed by atoms with Gasteiger partial charge in [0, 0.05) is 37.6 Å². The molecular formula is C26H30N6O. The zero-order valence-electron chi connectivity index (χ0n) is 19.4. The predicted octanol–water partition coefficient (Wildman–Crippen LogP) is 3.80. The van der Waals surface area contributed by atoms with Crippen LogP contribution < -0.4 is 4.90 Å². The molecule has 6 rings (SSSR count). The third-order valence-corrected chi connectivity index (χ3v) is 7.29. The van der Waals surface area contributed by atoms with Crippen molar-refractivity contribution in [3.8, 4) is 0 Å². The number of fused-ring (bicyclic) bond motifs is 5. The number of amides is 1. The summed E-state index contributed by atoms with van der Waals surface area (Å²) in [5.41, 5.74) is 4.10. The van der Waals surface area contributed by atoms with Gasteiger partial charge in [-0.2, -0.15) is 0 Å². The van der Waals surface area contributed by atoms with Crippen LogP contribution in [0.15, 0.2) is 42.5 Å². The van der Waals surface area contributed by atoms with Gasteiger partial charge in [-0.1, -0.05) is 12.1 Å². The van der Waals surface area contributed by atoms with E-state index in [1.807, 2.05) is 29.2 Å². The number of carbonyl (C=O) groups is 1. The van der Waals surface area contributed by atoms with Gasteiger partial charge in [0.2, 0.25) is 0 Å². The molecule has 0 N–H and O–H groups in total. The summed E-state index contributed by atoms with van der Waals surface area (Å²) in [6, 6.07) is 14.6. The second-order valence-corrected chi connectivity index (χ2v) is 9.53. The Bertz CT molecular complexity index is 1360. The van der Waals surface area contributed by atoms with Gasteiger partial charge in [-0.05, 0) is 70.1 Å². The number of para-hydroxylation sites is 2. The van der Waals surface area contributed by atoms with Gasteiger partial charge in [-0.25, -0.2) is 9.97 Å². The molecule has 0 saturated carbocycles. The van der Waals surface area contributed by atoms with Crippen LogP contribution in [0.25, 0.3) is 27.7 Å². The molecular weight excluding hydrogens is 412 g/mol. The maximum Gasteiger partial charge on any atom is 0.257 e. The molecule has 7 nitrogen and oxygen atoms in total. The Morgan fingerprint density at radius 1 is 0.939 bits per heavy atom. The van der Waals surface area contributed by atoms with E-state index in [0.717, 1.165) is 79.9 Å². The number of benzene rings is 1. The lowest BCUT2D eigenvalue weighted by atomic mass is 10.1. The Kier molecular flexibility index (Phi) is 4.94. The van der Waals surface area contributed by atoms with E-state index < -0.39 is 0 Å². The normalized spacial score (nSPS) is 20.2. The molecule has 0 spiro atoms. The fourth-order valence-corrected chi connectivity index (χ4v) is 5.38. The maximum absolute atomic E-state index is 13.6. The second kappa shape index (κ2) is 7.99. The highest BCUT2D eigenvalue weighted by atomic mass is 16.2. The van der Waals surface area contributed by atoms with E-state index in [2.05, 4.69) is 46.4 Å². The molecule has 33 heavy (non-hydrogen) atoms. The van der Waals surface area contributed by atoms with Crippen LogP contribution in [0, 0.1) is 0 Å². The molecule has 7 heteroatoms. The van der Waals surface area contributed by atoms with Gasteiger partial charge in [-0.15, -0.1) is 0 Å². The molecule has 3 aromatic heterocycles. The van der Waals surface area contributed by atoms with Crippen molar-refractivity contribution in [2.75, 3.05) is 44.7 Å². The summed E-state index contributed by atoms with van der Waals surface area (Å²) >= 11 is 0. The Morgan fingerprint density at radius 3 is 2.67 bits per heavy atom. The van der Waals surface area contributed by atoms with Gasteiger partial charge in [0.05, 0.1) is 16.6 Å². The molecule has 1 amide bonds. The molecule has 2 fully saturated rings. The highest BCUT2D eigenvalue weighted by molar-refractivity contribution is 6.05. The summed E-state index contributed by atoms with van der Waals surface area (Å²) < 4.78 is 2.09. The molecule has 2 aliphatic rings. The van der Waals surface area contributed by atoms with Gasteiger partial charge in [0.1, 0.15) is 11.5 Å². The Balaban J connectivity index is 1.55. The van der Waals surface area contributed by atoms with Crippen LogP contribution >= 0.6 is 0 Å². The van der Waals surface area contributed by atoms with Crippen LogP contribution in [0.4, 0.5) is 5.82 Å². The summed E-state index contributed by atoms with van der Waals surface area (Å²) in [6.07, 6.45) is 3.24. The maximum atomic E-state index is 13.6. The number of pyridine rings is 2. The van der Waals surface area contributed by atoms with Gasteiger partial charge < -0.3 is 14.7 Å². The number of likely N-dealkylation sites (N-methyl/N-ethyl adjacent to an activating group) is 1. The van der Waals surface area contributed by atoms with Crippen molar-refractivity contribution in [1.29, 1.82) is 0 Å². The first-order valence-corrected chi connectivity index (χ1v) is 12.1. The van der Waals surface area contributed by atoms with E-state index >= 15 is 0 Å². The van der Waals surface area contributed by atoms with Gasteiger partial charge >= 0.3 is 0 Å². The molecule has 5 heterocycles. The first-order chi connectivity index (χ1) is 16.1. The van der Waals surface area contributed by atoms with Crippen molar-refractivity contribution in [2.45, 2.75) is 32.2 Å². The third-order valence-electron chi connectivity index (χ3n) is 7.29. The highest BCUT2D eigenvalue weighted by Gasteiger charge is 2.29. The molecule has 0 aliphatic carbocycles. The van der Waals surface area contributed by atoms with Crippen LogP contribution in [-0.4, -0.2) is 75.9 Å². The minimum absolute atomic E-state index is 0.0711. The highest BCUT2D eigenvalue weighted by Crippen LogP contribution is 2.29. The number of carbonyl (C=O) groups excluding carboxylic acids is 1. The SMILES string of the molecule is CC1CCCN1C(=O)c1cc2ccc(N3CCCN(C)CC3)nc2n2c1nc1ccccc12. The number of likely N-dealkylation sites (tertiary alicyclic amines) is 1. The molecule has 1 atom stereocenters. The number of aromatic nitrogens is 3. The smallest absolute Gasteiger partial charge is 0.257 e. The van der Waals surface area contributed by atoms with Crippen molar-refractivity contribution in [3.05, 3.63) is 48.0 Å². The largest absolute Gasteiger partial charge is 0.355 e. The molecule has 1 aromatic carbocycles. The Morgan fingerprint density at radius 2 is 1.82 bits per heavy atom. The van der Waals surface area contributed by atoms with Gasteiger partial charge in [-0.3, -0.25) is 9.20 Å². The quantitative estimate of drug-likeness (QED) is 0.473. The van der Waals surface area contributed by atoms with Crippen LogP contribution in [-0.2, 0) is 0 Å². The third kappa shape index (κ3) is 3.42. The molecule has 1 unspecified atom stereocenters. The standard InChI is InChI=1S/C26H30N6O/c1-18-7-5-14-31(18)26(33)20-17-19-10-11-23(30-13-6-12-29(2)15-16-30)28-24(19)32-22-9-4-3-8-21(22)27-25(20)32/h3-4,8-11,17-18H,5-7,12-16H2,1-2H3. The van der Waals surface area contributed by atoms with E-state index in [1.165, 1.54) is 0 Å². The van der Waals surface area contributed by atoms with Gasteiger partial charge in [0.25, 0.3) is 5.91 Å². The number of anilines is 1. The summed E-state index contributed by atoms with van der Waals surface area (Å²) in [6.45, 7) is 7.06. The van der Waals surface area contributed by atoms with Crippen LogP contribution in [0.1, 0.15) is 36.5 Å². The minimum Gasteiger partial charge on any atom is -0.355 e. The lowest BCUT2D eigenvalue weighted by molar-refractivity contribution is 0.0749. The summed E-state index contributed by atoms with van der Waals surface area (Å²) in [4.78, 5) is 30.4. The zero-order valence-corrected chi connectivity index (χ0v) is 19.4. The summed E-state index contributed by atoms with van der Waals surface area (Å²) in [7, 11) is 2.18. The molecule has 2 saturated heterocycles. The molecule has 170 valence electrons. The average Bonchev–Trinajstić information content (AvgIpc) is 3.36. The second-order valence-electron chi connectivity index (χ2n) is 9.53. The Labute approximate surface area is 193 Å². The van der Waals surface area contributed by atoms with Crippen molar-refractivity contribution < 1.29 is 4.79 Å². The molecule has 2 aliphatic heterocycles. The summed E-state index contributed by atoms with van der Waals surface area (Å²) in [5.74, 6) is 1.06. The molecule has 0 bridgehead atoms. The number of hydrogen-bond donors (Lipinski definition) is 0. The first kappa shape index (κ1) is 20.4. The number of imidazole rings is 1. The zero-order chi connectivity index (χ0) is 22.5. The van der Waals surface area contributed by atoms with Crippen LogP contribution in [0.5, 0.6) is 0 Å². The summed E-state index contributed by atoms with van der Waals surface area (Å²) in [5, 5.41) is 0.969. The average molecular weight is 443 g/mol. The lowest BCUT2D eigenvalue weighted by Gasteiger charge is -2.23. The number of rotatable bonds is 2. The molecule has 4 aromatic rings. The lowest BCUT2D eigenvalue weighted by Crippen LogP contribution is -2.34. The number of nitrogens with zero attached hydrogens (tertiary/aromatic N) is 6.